The van der Waals surface area contributed by atoms with Crippen LogP contribution in [0.3, 0.4) is 0 Å². The highest BCUT2D eigenvalue weighted by Gasteiger charge is 2.33. The van der Waals surface area contributed by atoms with Crippen molar-refractivity contribution < 1.29 is 17.6 Å². The Morgan fingerprint density at radius 3 is 2.76 bits per heavy atom. The third kappa shape index (κ3) is 3.96. The number of fused-ring (bicyclic) bond motifs is 2. The molecule has 0 saturated heterocycles. The van der Waals surface area contributed by atoms with E-state index in [1.54, 1.807) is 48.7 Å². The number of halogens is 2. The molecule has 0 unspecified atom stereocenters. The Morgan fingerprint density at radius 1 is 1.12 bits per heavy atom. The van der Waals surface area contributed by atoms with Gasteiger partial charge in [0, 0.05) is 17.8 Å². The quantitative estimate of drug-likeness (QED) is 0.398. The van der Waals surface area contributed by atoms with E-state index in [-0.39, 0.29) is 33.6 Å². The van der Waals surface area contributed by atoms with Crippen LogP contribution in [0.4, 0.5) is 10.1 Å². The largest absolute Gasteiger partial charge is 0.303 e. The number of aromatic nitrogens is 2. The Labute approximate surface area is 194 Å². The highest BCUT2D eigenvalue weighted by atomic mass is 35.5. The van der Waals surface area contributed by atoms with E-state index in [1.807, 2.05) is 0 Å². The van der Waals surface area contributed by atoms with E-state index < -0.39 is 21.6 Å². The van der Waals surface area contributed by atoms with E-state index in [2.05, 4.69) is 9.97 Å². The van der Waals surface area contributed by atoms with E-state index in [9.17, 15) is 17.6 Å². The van der Waals surface area contributed by atoms with E-state index in [0.717, 1.165) is 0 Å². The fourth-order valence-electron chi connectivity index (χ4n) is 4.09. The van der Waals surface area contributed by atoms with Crippen molar-refractivity contribution in [2.75, 3.05) is 10.7 Å². The van der Waals surface area contributed by atoms with Gasteiger partial charge in [0.25, 0.3) is 5.91 Å². The van der Waals surface area contributed by atoms with Crippen LogP contribution in [0.1, 0.15) is 21.5 Å². The van der Waals surface area contributed by atoms with Crippen LogP contribution in [0.15, 0.2) is 71.9 Å². The molecule has 9 heteroatoms. The predicted molar refractivity (Wildman–Crippen MR) is 124 cm³/mol. The summed E-state index contributed by atoms with van der Waals surface area (Å²) in [5.74, 6) is -0.967. The molecule has 0 radical (unpaired) electrons. The summed E-state index contributed by atoms with van der Waals surface area (Å²) in [5, 5.41) is 0.519. The van der Waals surface area contributed by atoms with Crippen LogP contribution < -0.4 is 4.90 Å². The Morgan fingerprint density at radius 2 is 1.97 bits per heavy atom. The molecule has 6 nitrogen and oxygen atoms in total. The number of hydrogen-bond donors (Lipinski definition) is 0. The molecule has 0 aliphatic carbocycles. The van der Waals surface area contributed by atoms with Gasteiger partial charge in [-0.2, -0.15) is 0 Å². The van der Waals surface area contributed by atoms with Crippen LogP contribution in [0.5, 0.6) is 0 Å². The molecule has 1 aliphatic rings. The van der Waals surface area contributed by atoms with Crippen LogP contribution in [-0.2, 0) is 22.8 Å². The fourth-order valence-corrected chi connectivity index (χ4v) is 6.00. The Bertz CT molecular complexity index is 1510. The molecule has 166 valence electrons. The summed E-state index contributed by atoms with van der Waals surface area (Å²) < 4.78 is 40.4. The van der Waals surface area contributed by atoms with Crippen molar-refractivity contribution in [2.24, 2.45) is 0 Å². The van der Waals surface area contributed by atoms with Gasteiger partial charge >= 0.3 is 0 Å². The van der Waals surface area contributed by atoms with Gasteiger partial charge in [0.2, 0.25) is 0 Å². The number of benzene rings is 2. The minimum Gasteiger partial charge on any atom is -0.303 e. The predicted octanol–water partition coefficient (Wildman–Crippen LogP) is 4.60. The minimum atomic E-state index is -3.55. The van der Waals surface area contributed by atoms with Gasteiger partial charge in [0.05, 0.1) is 34.0 Å². The molecule has 1 amide bonds. The summed E-state index contributed by atoms with van der Waals surface area (Å²) in [4.78, 5) is 23.2. The van der Waals surface area contributed by atoms with E-state index >= 15 is 0 Å². The molecule has 0 atom stereocenters. The first kappa shape index (κ1) is 21.5. The lowest BCUT2D eigenvalue weighted by Gasteiger charge is -2.25. The lowest BCUT2D eigenvalue weighted by Crippen LogP contribution is -2.31. The second kappa shape index (κ2) is 8.20. The van der Waals surface area contributed by atoms with Crippen molar-refractivity contribution >= 4 is 43.9 Å². The van der Waals surface area contributed by atoms with Gasteiger partial charge < -0.3 is 4.90 Å². The molecule has 0 N–H and O–H groups in total. The monoisotopic (exact) mass is 481 g/mol. The second-order valence-corrected chi connectivity index (χ2v) is 10.2. The molecule has 3 heterocycles. The van der Waals surface area contributed by atoms with Crippen molar-refractivity contribution in [1.82, 2.24) is 9.97 Å². The van der Waals surface area contributed by atoms with Gasteiger partial charge in [-0.05, 0) is 60.0 Å². The summed E-state index contributed by atoms with van der Waals surface area (Å²) in [6.07, 6.45) is 3.34. The Hall–Kier alpha value is -3.36. The summed E-state index contributed by atoms with van der Waals surface area (Å²) in [5.41, 5.74) is 2.00. The molecule has 0 fully saturated rings. The molecular weight excluding hydrogens is 465 g/mol. The van der Waals surface area contributed by atoms with Crippen LogP contribution >= 0.6 is 11.6 Å². The van der Waals surface area contributed by atoms with Gasteiger partial charge in [0.15, 0.2) is 9.84 Å². The maximum absolute atomic E-state index is 14.8. The molecule has 1 aliphatic heterocycles. The van der Waals surface area contributed by atoms with Crippen LogP contribution in [0, 0.1) is 5.82 Å². The van der Waals surface area contributed by atoms with E-state index in [0.29, 0.717) is 28.5 Å². The molecule has 2 aromatic heterocycles. The number of amides is 1. The first-order valence-corrected chi connectivity index (χ1v) is 12.2. The highest BCUT2D eigenvalue weighted by molar-refractivity contribution is 7.91. The van der Waals surface area contributed by atoms with Crippen molar-refractivity contribution in [2.45, 2.75) is 17.9 Å². The van der Waals surface area contributed by atoms with Crippen molar-refractivity contribution in [3.63, 3.8) is 0 Å². The lowest BCUT2D eigenvalue weighted by atomic mass is 10.1. The number of carbonyl (C=O) groups is 1. The summed E-state index contributed by atoms with van der Waals surface area (Å²) in [7, 11) is -3.55. The fraction of sp³-hybridized carbons (Fsp3) is 0.125. The minimum absolute atomic E-state index is 0.0126. The number of hydrogen-bond acceptors (Lipinski definition) is 5. The van der Waals surface area contributed by atoms with E-state index in [4.69, 9.17) is 11.6 Å². The summed E-state index contributed by atoms with van der Waals surface area (Å²) in [6.45, 7) is -0.0687. The molecule has 0 bridgehead atoms. The zero-order valence-electron chi connectivity index (χ0n) is 17.2. The van der Waals surface area contributed by atoms with Crippen molar-refractivity contribution in [1.29, 1.82) is 0 Å². The number of pyridine rings is 2. The number of anilines is 1. The second-order valence-electron chi connectivity index (χ2n) is 7.75. The third-order valence-corrected chi connectivity index (χ3v) is 7.64. The van der Waals surface area contributed by atoms with Gasteiger partial charge in [-0.1, -0.05) is 23.7 Å². The Kier molecular flexibility index (Phi) is 5.34. The third-order valence-electron chi connectivity index (χ3n) is 5.59. The van der Waals surface area contributed by atoms with Gasteiger partial charge in [-0.15, -0.1) is 0 Å². The normalized spacial score (nSPS) is 14.2. The molecule has 2 aromatic carbocycles. The maximum atomic E-state index is 14.8. The molecule has 0 saturated carbocycles. The summed E-state index contributed by atoms with van der Waals surface area (Å²) in [6, 6.07) is 14.3. The van der Waals surface area contributed by atoms with Crippen molar-refractivity contribution in [3.8, 4) is 0 Å². The molecule has 4 aromatic rings. The van der Waals surface area contributed by atoms with Gasteiger partial charge in [0.1, 0.15) is 11.0 Å². The number of sulfone groups is 1. The zero-order chi connectivity index (χ0) is 23.2. The average Bonchev–Trinajstić information content (AvgIpc) is 3.12. The highest BCUT2D eigenvalue weighted by Crippen LogP contribution is 2.36. The topological polar surface area (TPSA) is 80.2 Å². The van der Waals surface area contributed by atoms with Crippen LogP contribution in [-0.4, -0.2) is 30.0 Å². The number of rotatable bonds is 4. The van der Waals surface area contributed by atoms with Crippen LogP contribution in [0.25, 0.3) is 10.9 Å². The lowest BCUT2D eigenvalue weighted by molar-refractivity contribution is 0.0984. The van der Waals surface area contributed by atoms with Gasteiger partial charge in [-0.3, -0.25) is 9.78 Å². The van der Waals surface area contributed by atoms with Gasteiger partial charge in [-0.25, -0.2) is 17.8 Å². The number of carbonyl (C=O) groups excluding carboxylic acids is 1. The number of aryl methyl sites for hydroxylation is 1. The molecule has 33 heavy (non-hydrogen) atoms. The number of nitrogens with zero attached hydrogens (tertiary/aromatic N) is 3. The molecule has 0 spiro atoms. The Balaban J connectivity index is 1.66. The van der Waals surface area contributed by atoms with E-state index in [1.165, 1.54) is 23.2 Å². The summed E-state index contributed by atoms with van der Waals surface area (Å²) >= 11 is 5.98. The SMILES string of the molecule is O=C(c1cccnc1)N(Cc1cc(F)c2ccc(Cl)nc2c1)c1cccc2c1S(=O)(=O)CC2. The smallest absolute Gasteiger partial charge is 0.260 e. The van der Waals surface area contributed by atoms with Crippen LogP contribution in [0.2, 0.25) is 5.15 Å². The maximum Gasteiger partial charge on any atom is 0.260 e. The standard InChI is InChI=1S/C24H17ClFN3O3S/c25-22-7-6-18-19(26)11-15(12-20(18)28-22)14-29(24(30)17-4-2-9-27-13-17)21-5-1-3-16-8-10-33(31,32)23(16)21/h1-7,9,11-13H,8,10,14H2. The first-order valence-electron chi connectivity index (χ1n) is 10.1. The molecular formula is C24H17ClFN3O3S. The average molecular weight is 482 g/mol. The zero-order valence-corrected chi connectivity index (χ0v) is 18.8. The van der Waals surface area contributed by atoms with Crippen molar-refractivity contribution in [3.05, 3.63) is 94.7 Å². The first-order chi connectivity index (χ1) is 15.8. The molecule has 5 rings (SSSR count).